The summed E-state index contributed by atoms with van der Waals surface area (Å²) >= 11 is 17.6. The molecule has 0 spiro atoms. The number of hydrogen-bond donors (Lipinski definition) is 2. The molecule has 0 aliphatic heterocycles. The lowest BCUT2D eigenvalue weighted by molar-refractivity contribution is -0.115. The fourth-order valence-corrected chi connectivity index (χ4v) is 2.20. The highest BCUT2D eigenvalue weighted by molar-refractivity contribution is 6.42. The smallest absolute Gasteiger partial charge is 0.226 e. The lowest BCUT2D eigenvalue weighted by Crippen LogP contribution is -2.16. The Morgan fingerprint density at radius 1 is 0.952 bits per heavy atom. The topological polar surface area (TPSA) is 41.1 Å². The number of halogens is 3. The molecule has 0 aliphatic rings. The molecule has 0 unspecified atom stereocenters. The highest BCUT2D eigenvalue weighted by Gasteiger charge is 2.03. The number of amides is 1. The van der Waals surface area contributed by atoms with Crippen LogP contribution in [0.5, 0.6) is 0 Å². The standard InChI is InChI=1S/C15H13Cl3N2O/c16-10-2-1-3-12(8-10)20-15(21)6-7-19-11-4-5-13(17)14(18)9-11/h1-5,8-9,19H,6-7H2,(H,20,21). The normalized spacial score (nSPS) is 10.2. The molecule has 2 rings (SSSR count). The number of anilines is 2. The molecule has 1 amide bonds. The van der Waals surface area contributed by atoms with Crippen LogP contribution in [0.3, 0.4) is 0 Å². The second-order valence-electron chi connectivity index (χ2n) is 4.36. The second-order valence-corrected chi connectivity index (χ2v) is 5.62. The summed E-state index contributed by atoms with van der Waals surface area (Å²) in [4.78, 5) is 11.8. The first-order valence-corrected chi connectivity index (χ1v) is 7.42. The van der Waals surface area contributed by atoms with Gasteiger partial charge in [0.05, 0.1) is 10.0 Å². The van der Waals surface area contributed by atoms with Gasteiger partial charge < -0.3 is 10.6 Å². The van der Waals surface area contributed by atoms with Crippen molar-refractivity contribution in [3.8, 4) is 0 Å². The van der Waals surface area contributed by atoms with Crippen LogP contribution in [0.2, 0.25) is 15.1 Å². The van der Waals surface area contributed by atoms with E-state index in [9.17, 15) is 4.79 Å². The monoisotopic (exact) mass is 342 g/mol. The minimum Gasteiger partial charge on any atom is -0.384 e. The maximum Gasteiger partial charge on any atom is 0.226 e. The van der Waals surface area contributed by atoms with Gasteiger partial charge in [-0.05, 0) is 36.4 Å². The predicted molar refractivity (Wildman–Crippen MR) is 89.7 cm³/mol. The van der Waals surface area contributed by atoms with Crippen molar-refractivity contribution in [3.05, 3.63) is 57.5 Å². The fraction of sp³-hybridized carbons (Fsp3) is 0.133. The number of carbonyl (C=O) groups is 1. The molecule has 3 nitrogen and oxygen atoms in total. The maximum atomic E-state index is 11.8. The zero-order chi connectivity index (χ0) is 15.2. The van der Waals surface area contributed by atoms with Crippen molar-refractivity contribution in [1.82, 2.24) is 0 Å². The Labute approximate surface area is 138 Å². The van der Waals surface area contributed by atoms with Gasteiger partial charge in [-0.3, -0.25) is 4.79 Å². The summed E-state index contributed by atoms with van der Waals surface area (Å²) in [6, 6.07) is 12.3. The van der Waals surface area contributed by atoms with E-state index in [4.69, 9.17) is 34.8 Å². The summed E-state index contributed by atoms with van der Waals surface area (Å²) in [6.45, 7) is 0.490. The summed E-state index contributed by atoms with van der Waals surface area (Å²) in [5.74, 6) is -0.0928. The molecular formula is C15H13Cl3N2O. The van der Waals surface area contributed by atoms with E-state index in [0.717, 1.165) is 5.69 Å². The molecule has 2 aromatic rings. The van der Waals surface area contributed by atoms with Crippen molar-refractivity contribution in [2.24, 2.45) is 0 Å². The van der Waals surface area contributed by atoms with E-state index < -0.39 is 0 Å². The van der Waals surface area contributed by atoms with Gasteiger partial charge in [0.25, 0.3) is 0 Å². The van der Waals surface area contributed by atoms with Gasteiger partial charge in [-0.2, -0.15) is 0 Å². The highest BCUT2D eigenvalue weighted by Crippen LogP contribution is 2.24. The van der Waals surface area contributed by atoms with Gasteiger partial charge in [0.15, 0.2) is 0 Å². The molecule has 21 heavy (non-hydrogen) atoms. The van der Waals surface area contributed by atoms with E-state index in [1.807, 2.05) is 6.07 Å². The molecule has 0 atom stereocenters. The van der Waals surface area contributed by atoms with E-state index in [-0.39, 0.29) is 5.91 Å². The molecule has 0 fully saturated rings. The molecular weight excluding hydrogens is 331 g/mol. The third-order valence-corrected chi connectivity index (χ3v) is 3.68. The van der Waals surface area contributed by atoms with Gasteiger partial charge in [-0.25, -0.2) is 0 Å². The van der Waals surface area contributed by atoms with Crippen molar-refractivity contribution in [1.29, 1.82) is 0 Å². The van der Waals surface area contributed by atoms with Crippen LogP contribution in [0.4, 0.5) is 11.4 Å². The number of hydrogen-bond acceptors (Lipinski definition) is 2. The quantitative estimate of drug-likeness (QED) is 0.794. The molecule has 0 aliphatic carbocycles. The summed E-state index contributed by atoms with van der Waals surface area (Å²) in [5.41, 5.74) is 1.50. The van der Waals surface area contributed by atoms with Crippen molar-refractivity contribution < 1.29 is 4.79 Å². The van der Waals surface area contributed by atoms with Gasteiger partial charge in [-0.15, -0.1) is 0 Å². The van der Waals surface area contributed by atoms with Crippen molar-refractivity contribution in [2.45, 2.75) is 6.42 Å². The van der Waals surface area contributed by atoms with E-state index in [0.29, 0.717) is 33.7 Å². The van der Waals surface area contributed by atoms with Crippen LogP contribution in [0.1, 0.15) is 6.42 Å². The molecule has 0 saturated heterocycles. The van der Waals surface area contributed by atoms with Crippen LogP contribution in [-0.4, -0.2) is 12.5 Å². The summed E-state index contributed by atoms with van der Waals surface area (Å²) < 4.78 is 0. The highest BCUT2D eigenvalue weighted by atomic mass is 35.5. The van der Waals surface area contributed by atoms with Gasteiger partial charge in [0.2, 0.25) is 5.91 Å². The molecule has 0 heterocycles. The molecule has 0 radical (unpaired) electrons. The zero-order valence-corrected chi connectivity index (χ0v) is 13.3. The Morgan fingerprint density at radius 2 is 1.76 bits per heavy atom. The van der Waals surface area contributed by atoms with Crippen molar-refractivity contribution in [2.75, 3.05) is 17.2 Å². The van der Waals surface area contributed by atoms with Crippen LogP contribution in [0, 0.1) is 0 Å². The number of carbonyl (C=O) groups excluding carboxylic acids is 1. The van der Waals surface area contributed by atoms with Crippen LogP contribution in [-0.2, 0) is 4.79 Å². The van der Waals surface area contributed by atoms with Crippen LogP contribution >= 0.6 is 34.8 Å². The maximum absolute atomic E-state index is 11.8. The average Bonchev–Trinajstić information content (AvgIpc) is 2.43. The molecule has 6 heteroatoms. The van der Waals surface area contributed by atoms with Gasteiger partial charge in [-0.1, -0.05) is 40.9 Å². The van der Waals surface area contributed by atoms with Gasteiger partial charge in [0.1, 0.15) is 0 Å². The number of rotatable bonds is 5. The van der Waals surface area contributed by atoms with Crippen molar-refractivity contribution >= 4 is 52.1 Å². The third-order valence-electron chi connectivity index (χ3n) is 2.71. The Balaban J connectivity index is 1.80. The van der Waals surface area contributed by atoms with E-state index in [1.165, 1.54) is 0 Å². The van der Waals surface area contributed by atoms with Gasteiger partial charge >= 0.3 is 0 Å². The van der Waals surface area contributed by atoms with E-state index in [1.54, 1.807) is 36.4 Å². The SMILES string of the molecule is O=C(CCNc1ccc(Cl)c(Cl)c1)Nc1cccc(Cl)c1. The first-order chi connectivity index (χ1) is 10.0. The Kier molecular flexibility index (Phi) is 5.74. The van der Waals surface area contributed by atoms with Crippen LogP contribution in [0.15, 0.2) is 42.5 Å². The minimum atomic E-state index is -0.0928. The molecule has 2 aromatic carbocycles. The first kappa shape index (κ1) is 16.0. The molecule has 0 bridgehead atoms. The van der Waals surface area contributed by atoms with Crippen molar-refractivity contribution in [3.63, 3.8) is 0 Å². The lowest BCUT2D eigenvalue weighted by Gasteiger charge is -2.08. The lowest BCUT2D eigenvalue weighted by atomic mass is 10.3. The summed E-state index contributed by atoms with van der Waals surface area (Å²) in [5, 5.41) is 7.45. The van der Waals surface area contributed by atoms with Crippen LogP contribution in [0.25, 0.3) is 0 Å². The van der Waals surface area contributed by atoms with Gasteiger partial charge in [0, 0.05) is 29.4 Å². The summed E-state index contributed by atoms with van der Waals surface area (Å²) in [7, 11) is 0. The Bertz CT molecular complexity index is 647. The molecule has 110 valence electrons. The van der Waals surface area contributed by atoms with Crippen LogP contribution < -0.4 is 10.6 Å². The van der Waals surface area contributed by atoms with E-state index in [2.05, 4.69) is 10.6 Å². The molecule has 0 aromatic heterocycles. The fourth-order valence-electron chi connectivity index (χ4n) is 1.72. The Morgan fingerprint density at radius 3 is 2.48 bits per heavy atom. The largest absolute Gasteiger partial charge is 0.384 e. The molecule has 2 N–H and O–H groups in total. The summed E-state index contributed by atoms with van der Waals surface area (Å²) in [6.07, 6.45) is 0.326. The first-order valence-electron chi connectivity index (χ1n) is 6.29. The Hall–Kier alpha value is -1.42. The predicted octanol–water partition coefficient (Wildman–Crippen LogP) is 5.09. The zero-order valence-electron chi connectivity index (χ0n) is 11.0. The molecule has 0 saturated carbocycles. The minimum absolute atomic E-state index is 0.0928. The third kappa shape index (κ3) is 5.12. The second kappa shape index (κ2) is 7.55. The number of benzene rings is 2. The average molecular weight is 344 g/mol. The van der Waals surface area contributed by atoms with E-state index >= 15 is 0 Å². The number of nitrogens with one attached hydrogen (secondary N) is 2.